The Bertz CT molecular complexity index is 1080. The summed E-state index contributed by atoms with van der Waals surface area (Å²) in [6.45, 7) is 0. The summed E-state index contributed by atoms with van der Waals surface area (Å²) in [7, 11) is 0. The second kappa shape index (κ2) is 5.84. The molecule has 2 aliphatic heterocycles. The van der Waals surface area contributed by atoms with Crippen LogP contribution in [0.15, 0.2) is 30.9 Å². The van der Waals surface area contributed by atoms with E-state index in [9.17, 15) is 5.26 Å². The highest BCUT2D eigenvalue weighted by Gasteiger charge is 2.27. The van der Waals surface area contributed by atoms with Gasteiger partial charge < -0.3 is 4.98 Å². The van der Waals surface area contributed by atoms with Gasteiger partial charge in [-0.3, -0.25) is 4.68 Å². The molecule has 23 heavy (non-hydrogen) atoms. The number of nitriles is 1. The maximum atomic E-state index is 9.40. The molecule has 0 amide bonds. The molecule has 4 rings (SSSR count). The van der Waals surface area contributed by atoms with Crippen LogP contribution in [0.3, 0.4) is 0 Å². The predicted octanol–water partition coefficient (Wildman–Crippen LogP) is 3.42. The molecule has 1 N–H and O–H groups in total. The number of nitrogens with zero attached hydrogens (tertiary/aromatic N) is 5. The van der Waals surface area contributed by atoms with E-state index in [1.807, 2.05) is 0 Å². The fourth-order valence-corrected chi connectivity index (χ4v) is 3.05. The van der Waals surface area contributed by atoms with E-state index < -0.39 is 18.3 Å². The molecule has 1 fully saturated rings. The van der Waals surface area contributed by atoms with Gasteiger partial charge in [-0.2, -0.15) is 10.4 Å². The molecule has 1 aliphatic carbocycles. The van der Waals surface area contributed by atoms with Gasteiger partial charge in [-0.05, 0) is 24.8 Å². The molecule has 3 aliphatic rings. The van der Waals surface area contributed by atoms with Crippen molar-refractivity contribution in [3.05, 3.63) is 30.9 Å². The van der Waals surface area contributed by atoms with E-state index in [1.54, 1.807) is 6.07 Å². The zero-order chi connectivity index (χ0) is 21.0. The maximum absolute atomic E-state index is 9.40. The monoisotopic (exact) mass is 312 g/mol. The molecule has 0 saturated heterocycles. The van der Waals surface area contributed by atoms with E-state index in [0.29, 0.717) is 24.1 Å². The van der Waals surface area contributed by atoms with Crippen molar-refractivity contribution in [3.63, 3.8) is 0 Å². The molecule has 1 atom stereocenters. The Morgan fingerprint density at radius 3 is 3.22 bits per heavy atom. The summed E-state index contributed by atoms with van der Waals surface area (Å²) >= 11 is 0. The Hall–Kier alpha value is -2.68. The van der Waals surface area contributed by atoms with Crippen molar-refractivity contribution in [2.45, 2.75) is 38.1 Å². The van der Waals surface area contributed by atoms with E-state index >= 15 is 0 Å². The fourth-order valence-electron chi connectivity index (χ4n) is 3.05. The van der Waals surface area contributed by atoms with Crippen LogP contribution in [-0.2, 0) is 0 Å². The molecule has 0 radical (unpaired) electrons. The summed E-state index contributed by atoms with van der Waals surface area (Å²) in [6, 6.07) is 0.439. The van der Waals surface area contributed by atoms with Gasteiger partial charge in [0.25, 0.3) is 0 Å². The minimum atomic E-state index is -2.30. The smallest absolute Gasteiger partial charge is 0.162 e. The van der Waals surface area contributed by atoms with Gasteiger partial charge in [-0.1, -0.05) is 12.8 Å². The highest BCUT2D eigenvalue weighted by Crippen LogP contribution is 2.37. The highest BCUT2D eigenvalue weighted by atomic mass is 15.3. The Balaban J connectivity index is 1.84. The van der Waals surface area contributed by atoms with Gasteiger partial charge in [0.1, 0.15) is 1.37 Å². The second-order valence-electron chi connectivity index (χ2n) is 5.50. The minimum absolute atomic E-state index is 0.100. The Morgan fingerprint density at radius 2 is 2.39 bits per heavy atom. The number of H-pyrrole nitrogens is 1. The van der Waals surface area contributed by atoms with Crippen molar-refractivity contribution in [3.8, 4) is 28.7 Å². The van der Waals surface area contributed by atoms with Gasteiger partial charge in [-0.25, -0.2) is 9.97 Å². The van der Waals surface area contributed by atoms with E-state index in [0.717, 1.165) is 12.8 Å². The lowest BCUT2D eigenvalue weighted by molar-refractivity contribution is 0.315. The first-order valence-corrected chi connectivity index (χ1v) is 7.45. The number of aromatic nitrogens is 5. The highest BCUT2D eigenvalue weighted by molar-refractivity contribution is 5.77. The maximum Gasteiger partial charge on any atom is 0.162 e. The van der Waals surface area contributed by atoms with Crippen LogP contribution in [0.1, 0.15) is 46.3 Å². The van der Waals surface area contributed by atoms with Gasteiger partial charge in [0.05, 0.1) is 39.4 Å². The molecule has 1 aromatic rings. The first-order valence-electron chi connectivity index (χ1n) is 10.5. The van der Waals surface area contributed by atoms with Crippen molar-refractivity contribution < 1.29 is 8.22 Å². The van der Waals surface area contributed by atoms with E-state index in [1.165, 1.54) is 17.1 Å². The largest absolute Gasteiger partial charge is 0.345 e. The van der Waals surface area contributed by atoms with Crippen LogP contribution < -0.4 is 0 Å². The van der Waals surface area contributed by atoms with Crippen LogP contribution in [-0.4, -0.2) is 24.7 Å². The van der Waals surface area contributed by atoms with Crippen molar-refractivity contribution in [1.82, 2.24) is 24.7 Å². The summed E-state index contributed by atoms with van der Waals surface area (Å²) in [5, 5.41) is 13.6. The first-order chi connectivity index (χ1) is 13.7. The van der Waals surface area contributed by atoms with Gasteiger partial charge >= 0.3 is 0 Å². The number of hydrogen-bond donors (Lipinski definition) is 1. The number of rotatable bonds is 4. The van der Waals surface area contributed by atoms with Crippen LogP contribution in [0.5, 0.6) is 0 Å². The third-order valence-corrected chi connectivity index (χ3v) is 4.15. The van der Waals surface area contributed by atoms with Crippen LogP contribution in [0.4, 0.5) is 0 Å². The Kier molecular flexibility index (Phi) is 2.24. The first kappa shape index (κ1) is 8.82. The van der Waals surface area contributed by atoms with Crippen molar-refractivity contribution >= 4 is 0 Å². The lowest BCUT2D eigenvalue weighted by Gasteiger charge is -2.21. The van der Waals surface area contributed by atoms with E-state index in [4.69, 9.17) is 8.22 Å². The molecule has 0 bridgehead atoms. The van der Waals surface area contributed by atoms with Crippen LogP contribution >= 0.6 is 0 Å². The quantitative estimate of drug-likeness (QED) is 0.800. The summed E-state index contributed by atoms with van der Waals surface area (Å²) in [4.78, 5) is 10.6. The third-order valence-electron chi connectivity index (χ3n) is 4.15. The van der Waals surface area contributed by atoms with Gasteiger partial charge in [-0.15, -0.1) is 0 Å². The SMILES string of the molecule is [2H]c1nc2nc([2H])c([2H])c-2c(-c2cnn([C@H](C([2H])([2H])C#N)C3([2H])CCCC3)c2)[nH]1. The molecule has 3 heterocycles. The van der Waals surface area contributed by atoms with Crippen LogP contribution in [0, 0.1) is 17.2 Å². The average molecular weight is 312 g/mol. The zero-order valence-corrected chi connectivity index (χ0v) is 12.3. The molecule has 0 spiro atoms. The normalized spacial score (nSPS) is 22.4. The molecule has 116 valence electrons. The summed E-state index contributed by atoms with van der Waals surface area (Å²) in [5.41, 5.74) is 1.03. The predicted molar refractivity (Wildman–Crippen MR) is 85.5 cm³/mol. The molecular weight excluding hydrogens is 288 g/mol. The van der Waals surface area contributed by atoms with E-state index in [-0.39, 0.29) is 29.9 Å². The molecular formula is C17H18N6. The van der Waals surface area contributed by atoms with Crippen LogP contribution in [0.2, 0.25) is 0 Å². The number of fused-ring (bicyclic) bond motifs is 1. The lowest BCUT2D eigenvalue weighted by atomic mass is 9.96. The molecule has 0 unspecified atom stereocenters. The summed E-state index contributed by atoms with van der Waals surface area (Å²) in [5.74, 6) is -1.06. The third kappa shape index (κ3) is 2.48. The topological polar surface area (TPSA) is 83.2 Å². The van der Waals surface area contributed by atoms with E-state index in [2.05, 4.69) is 20.1 Å². The molecule has 6 nitrogen and oxygen atoms in total. The molecule has 1 aromatic heterocycles. The molecule has 0 aromatic carbocycles. The Labute approximate surface area is 143 Å². The average Bonchev–Trinajstić information content (AvgIpc) is 3.36. The number of nitrogens with one attached hydrogen (secondary N) is 1. The zero-order valence-electron chi connectivity index (χ0n) is 18.3. The molecule has 1 saturated carbocycles. The second-order valence-corrected chi connectivity index (χ2v) is 5.50. The van der Waals surface area contributed by atoms with Crippen molar-refractivity contribution in [1.29, 1.82) is 5.26 Å². The summed E-state index contributed by atoms with van der Waals surface area (Å²) < 4.78 is 50.2. The standard InChI is InChI=1S/C17H18N6/c18-7-5-15(12-3-1-2-4-12)23-10-13(9-22-23)16-14-6-8-19-17(14)21-11-20-16/h6,8-12,15H,1-5H2,(H,19,20,21)/t15-/m1/s1/i5D2,6D,8D,11D,12D. The summed E-state index contributed by atoms with van der Waals surface area (Å²) in [6.07, 6.45) is 2.72. The minimum Gasteiger partial charge on any atom is -0.345 e. The van der Waals surface area contributed by atoms with Crippen molar-refractivity contribution in [2.75, 3.05) is 0 Å². The van der Waals surface area contributed by atoms with Gasteiger partial charge in [0.15, 0.2) is 5.82 Å². The Morgan fingerprint density at radius 1 is 1.52 bits per heavy atom. The number of aromatic amines is 1. The lowest BCUT2D eigenvalue weighted by Crippen LogP contribution is -2.17. The fraction of sp³-hybridized carbons (Fsp3) is 0.412. The van der Waals surface area contributed by atoms with Gasteiger partial charge in [0.2, 0.25) is 0 Å². The van der Waals surface area contributed by atoms with Crippen molar-refractivity contribution in [2.24, 2.45) is 5.89 Å². The number of hydrogen-bond acceptors (Lipinski definition) is 4. The molecule has 6 heteroatoms. The van der Waals surface area contributed by atoms with Crippen LogP contribution in [0.25, 0.3) is 22.6 Å². The van der Waals surface area contributed by atoms with Gasteiger partial charge in [0, 0.05) is 27.6 Å².